The first kappa shape index (κ1) is 23.0. The Balaban J connectivity index is 1.41. The van der Waals surface area contributed by atoms with Gasteiger partial charge in [-0.05, 0) is 50.9 Å². The number of amides is 1. The summed E-state index contributed by atoms with van der Waals surface area (Å²) >= 11 is 0. The first-order chi connectivity index (χ1) is 15.6. The van der Waals surface area contributed by atoms with Gasteiger partial charge in [0.15, 0.2) is 0 Å². The van der Waals surface area contributed by atoms with Crippen molar-refractivity contribution in [2.24, 2.45) is 0 Å². The smallest absolute Gasteiger partial charge is 0.272 e. The molecule has 174 valence electrons. The van der Waals surface area contributed by atoms with Gasteiger partial charge in [0, 0.05) is 57.5 Å². The fourth-order valence-electron chi connectivity index (χ4n) is 4.63. The van der Waals surface area contributed by atoms with Crippen molar-refractivity contribution in [1.29, 1.82) is 0 Å². The lowest BCUT2D eigenvalue weighted by Crippen LogP contribution is -2.47. The average Bonchev–Trinajstić information content (AvgIpc) is 3.34. The molecule has 7 heteroatoms. The zero-order valence-electron chi connectivity index (χ0n) is 19.6. The molecule has 0 unspecified atom stereocenters. The molecule has 1 amide bonds. The number of rotatable bonds is 8. The number of likely N-dealkylation sites (N-methyl/N-ethyl adjacent to an activating group) is 1. The van der Waals surface area contributed by atoms with E-state index in [-0.39, 0.29) is 11.9 Å². The van der Waals surface area contributed by atoms with Crippen molar-refractivity contribution < 1.29 is 9.53 Å². The highest BCUT2D eigenvalue weighted by atomic mass is 16.5. The van der Waals surface area contributed by atoms with Crippen molar-refractivity contribution in [1.82, 2.24) is 24.9 Å². The lowest BCUT2D eigenvalue weighted by molar-refractivity contribution is 0.0272. The summed E-state index contributed by atoms with van der Waals surface area (Å²) in [5, 5.41) is 7.45. The van der Waals surface area contributed by atoms with E-state index in [0.29, 0.717) is 5.69 Å². The molecular weight excluding hydrogens is 402 g/mol. The van der Waals surface area contributed by atoms with Gasteiger partial charge in [0.2, 0.25) is 0 Å². The van der Waals surface area contributed by atoms with Crippen LogP contribution in [0.1, 0.15) is 42.2 Å². The van der Waals surface area contributed by atoms with Crippen molar-refractivity contribution >= 4 is 5.91 Å². The summed E-state index contributed by atoms with van der Waals surface area (Å²) < 4.78 is 5.55. The van der Waals surface area contributed by atoms with Gasteiger partial charge in [0.25, 0.3) is 5.91 Å². The van der Waals surface area contributed by atoms with E-state index >= 15 is 0 Å². The second kappa shape index (κ2) is 11.1. The van der Waals surface area contributed by atoms with Gasteiger partial charge < -0.3 is 19.4 Å². The number of benzene rings is 1. The predicted octanol–water partition coefficient (Wildman–Crippen LogP) is 2.90. The number of aryl methyl sites for hydroxylation is 1. The molecule has 0 bridgehead atoms. The number of nitrogens with zero attached hydrogens (tertiary/aromatic N) is 4. The van der Waals surface area contributed by atoms with Crippen LogP contribution >= 0.6 is 0 Å². The van der Waals surface area contributed by atoms with Gasteiger partial charge >= 0.3 is 0 Å². The first-order valence-corrected chi connectivity index (χ1v) is 12.1. The van der Waals surface area contributed by atoms with Crippen molar-refractivity contribution in [3.63, 3.8) is 0 Å². The van der Waals surface area contributed by atoms with E-state index in [4.69, 9.17) is 4.74 Å². The third-order valence-corrected chi connectivity index (χ3v) is 6.83. The molecule has 2 aliphatic heterocycles. The second-order valence-corrected chi connectivity index (χ2v) is 9.06. The van der Waals surface area contributed by atoms with E-state index in [1.807, 2.05) is 6.07 Å². The molecule has 32 heavy (non-hydrogen) atoms. The number of carbonyl (C=O) groups excluding carboxylic acids is 1. The normalized spacial score (nSPS) is 18.7. The Morgan fingerprint density at radius 1 is 1.16 bits per heavy atom. The third-order valence-electron chi connectivity index (χ3n) is 6.83. The molecule has 7 nitrogen and oxygen atoms in total. The Labute approximate surface area is 191 Å². The topological polar surface area (TPSA) is 64.7 Å². The van der Waals surface area contributed by atoms with Crippen LogP contribution in [0.5, 0.6) is 0 Å². The zero-order chi connectivity index (χ0) is 22.3. The number of ether oxygens (including phenoxy) is 1. The summed E-state index contributed by atoms with van der Waals surface area (Å²) in [5.41, 5.74) is 3.72. The van der Waals surface area contributed by atoms with Crippen molar-refractivity contribution in [3.05, 3.63) is 41.6 Å². The summed E-state index contributed by atoms with van der Waals surface area (Å²) in [5.74, 6) is 0.0548. The molecule has 1 aromatic heterocycles. The SMILES string of the molecule is CCc1ccc(-c2cc(C(=O)N(CCCN3CCN(C)CC3)C3CCOCC3)[nH]n2)cc1. The molecule has 2 fully saturated rings. The molecule has 2 aromatic rings. The van der Waals surface area contributed by atoms with Gasteiger partial charge in [-0.15, -0.1) is 0 Å². The zero-order valence-corrected chi connectivity index (χ0v) is 19.6. The standard InChI is InChI=1S/C25H37N5O2/c1-3-20-5-7-21(8-6-20)23-19-24(27-26-23)25(31)30(22-9-17-32-18-10-22)12-4-11-29-15-13-28(2)14-16-29/h5-8,19,22H,3-4,9-18H2,1-2H3,(H,26,27). The summed E-state index contributed by atoms with van der Waals surface area (Å²) in [6.45, 7) is 9.89. The fraction of sp³-hybridized carbons (Fsp3) is 0.600. The van der Waals surface area contributed by atoms with E-state index in [0.717, 1.165) is 89.4 Å². The van der Waals surface area contributed by atoms with E-state index in [1.54, 1.807) is 0 Å². The van der Waals surface area contributed by atoms with Crippen molar-refractivity contribution in [2.45, 2.75) is 38.6 Å². The van der Waals surface area contributed by atoms with Gasteiger partial charge in [-0.1, -0.05) is 31.2 Å². The maximum Gasteiger partial charge on any atom is 0.272 e. The predicted molar refractivity (Wildman–Crippen MR) is 127 cm³/mol. The van der Waals surface area contributed by atoms with Crippen LogP contribution in [0.15, 0.2) is 30.3 Å². The molecule has 0 saturated carbocycles. The van der Waals surface area contributed by atoms with Gasteiger partial charge in [0.05, 0.1) is 5.69 Å². The number of carbonyl (C=O) groups is 1. The van der Waals surface area contributed by atoms with E-state index in [9.17, 15) is 4.79 Å². The third kappa shape index (κ3) is 5.77. The Hall–Kier alpha value is -2.22. The Morgan fingerprint density at radius 3 is 2.56 bits per heavy atom. The van der Waals surface area contributed by atoms with Crippen LogP contribution in [0.2, 0.25) is 0 Å². The van der Waals surface area contributed by atoms with Crippen LogP contribution in [0, 0.1) is 0 Å². The molecule has 2 saturated heterocycles. The van der Waals surface area contributed by atoms with Gasteiger partial charge in [-0.25, -0.2) is 0 Å². The fourth-order valence-corrected chi connectivity index (χ4v) is 4.63. The van der Waals surface area contributed by atoms with Crippen LogP contribution in [0.25, 0.3) is 11.3 Å². The number of piperazine rings is 1. The Kier molecular flexibility index (Phi) is 7.95. The summed E-state index contributed by atoms with van der Waals surface area (Å²) in [4.78, 5) is 20.5. The monoisotopic (exact) mass is 439 g/mol. The minimum absolute atomic E-state index is 0.0548. The minimum Gasteiger partial charge on any atom is -0.381 e. The average molecular weight is 440 g/mol. The van der Waals surface area contributed by atoms with Crippen LogP contribution in [0.3, 0.4) is 0 Å². The molecular formula is C25H37N5O2. The van der Waals surface area contributed by atoms with Crippen LogP contribution in [-0.2, 0) is 11.2 Å². The number of H-pyrrole nitrogens is 1. The van der Waals surface area contributed by atoms with Gasteiger partial charge in [-0.3, -0.25) is 9.89 Å². The Bertz CT molecular complexity index is 851. The number of hydrogen-bond acceptors (Lipinski definition) is 5. The molecule has 2 aliphatic rings. The maximum absolute atomic E-state index is 13.5. The number of hydrogen-bond donors (Lipinski definition) is 1. The number of nitrogens with one attached hydrogen (secondary N) is 1. The van der Waals surface area contributed by atoms with Gasteiger partial charge in [-0.2, -0.15) is 5.10 Å². The highest BCUT2D eigenvalue weighted by Crippen LogP contribution is 2.22. The van der Waals surface area contributed by atoms with E-state index < -0.39 is 0 Å². The summed E-state index contributed by atoms with van der Waals surface area (Å²) in [7, 11) is 2.18. The number of aromatic nitrogens is 2. The minimum atomic E-state index is 0.0548. The summed E-state index contributed by atoms with van der Waals surface area (Å²) in [6.07, 6.45) is 3.81. The van der Waals surface area contributed by atoms with Crippen LogP contribution < -0.4 is 0 Å². The van der Waals surface area contributed by atoms with Crippen LogP contribution in [-0.4, -0.2) is 96.4 Å². The first-order valence-electron chi connectivity index (χ1n) is 12.1. The molecule has 1 aromatic carbocycles. The molecule has 1 N–H and O–H groups in total. The molecule has 0 radical (unpaired) electrons. The van der Waals surface area contributed by atoms with Gasteiger partial charge in [0.1, 0.15) is 5.69 Å². The largest absolute Gasteiger partial charge is 0.381 e. The molecule has 4 rings (SSSR count). The Morgan fingerprint density at radius 2 is 1.88 bits per heavy atom. The maximum atomic E-state index is 13.5. The number of aromatic amines is 1. The lowest BCUT2D eigenvalue weighted by atomic mass is 10.1. The summed E-state index contributed by atoms with van der Waals surface area (Å²) in [6, 6.07) is 10.5. The molecule has 0 aliphatic carbocycles. The highest BCUT2D eigenvalue weighted by Gasteiger charge is 2.28. The lowest BCUT2D eigenvalue weighted by Gasteiger charge is -2.36. The quantitative estimate of drug-likeness (QED) is 0.685. The highest BCUT2D eigenvalue weighted by molar-refractivity contribution is 5.93. The molecule has 0 spiro atoms. The van der Waals surface area contributed by atoms with E-state index in [1.165, 1.54) is 5.56 Å². The second-order valence-electron chi connectivity index (χ2n) is 9.06. The van der Waals surface area contributed by atoms with Crippen molar-refractivity contribution in [3.8, 4) is 11.3 Å². The molecule has 3 heterocycles. The molecule has 0 atom stereocenters. The van der Waals surface area contributed by atoms with Crippen LogP contribution in [0.4, 0.5) is 0 Å². The van der Waals surface area contributed by atoms with E-state index in [2.05, 4.69) is 63.1 Å². The van der Waals surface area contributed by atoms with Crippen molar-refractivity contribution in [2.75, 3.05) is 59.5 Å².